The van der Waals surface area contributed by atoms with Crippen LogP contribution in [0.5, 0.6) is 0 Å². The van der Waals surface area contributed by atoms with Crippen LogP contribution in [0.15, 0.2) is 54.6 Å². The molecule has 0 aromatic heterocycles. The molecule has 142 valence electrons. The van der Waals surface area contributed by atoms with Crippen molar-refractivity contribution >= 4 is 17.5 Å². The van der Waals surface area contributed by atoms with Gasteiger partial charge >= 0.3 is 0 Å². The molecule has 1 heterocycles. The molecule has 4 rings (SSSR count). The maximum Gasteiger partial charge on any atom is 0.254 e. The molecule has 0 radical (unpaired) electrons. The van der Waals surface area contributed by atoms with Crippen molar-refractivity contribution in [3.05, 3.63) is 70.7 Å². The van der Waals surface area contributed by atoms with E-state index < -0.39 is 0 Å². The molecule has 3 atom stereocenters. The molecule has 2 aromatic carbocycles. The van der Waals surface area contributed by atoms with Crippen molar-refractivity contribution in [2.45, 2.75) is 44.3 Å². The van der Waals surface area contributed by atoms with Crippen LogP contribution in [0.1, 0.15) is 41.6 Å². The Kier molecular flexibility index (Phi) is 5.77. The van der Waals surface area contributed by atoms with E-state index in [2.05, 4.69) is 23.0 Å². The van der Waals surface area contributed by atoms with Gasteiger partial charge in [-0.25, -0.2) is 0 Å². The summed E-state index contributed by atoms with van der Waals surface area (Å²) < 4.78 is 0. The second-order valence-electron chi connectivity index (χ2n) is 7.63. The molecule has 1 aliphatic heterocycles. The second kappa shape index (κ2) is 8.42. The summed E-state index contributed by atoms with van der Waals surface area (Å²) in [5.41, 5.74) is 8.75. The molecule has 2 aliphatic rings. The number of carbonyl (C=O) groups excluding carboxylic acids is 1. The Morgan fingerprint density at radius 1 is 1.00 bits per heavy atom. The van der Waals surface area contributed by atoms with E-state index in [1.807, 2.05) is 35.2 Å². The fourth-order valence-electron chi connectivity index (χ4n) is 4.36. The molecule has 2 N–H and O–H groups in total. The molecule has 2 aromatic rings. The van der Waals surface area contributed by atoms with Crippen LogP contribution in [-0.4, -0.2) is 29.4 Å². The van der Waals surface area contributed by atoms with E-state index in [1.165, 1.54) is 25.7 Å². The van der Waals surface area contributed by atoms with Gasteiger partial charge in [0.15, 0.2) is 0 Å². The average Bonchev–Trinajstić information content (AvgIpc) is 3.11. The zero-order chi connectivity index (χ0) is 18.6. The number of carbonyl (C=O) groups is 1. The van der Waals surface area contributed by atoms with Gasteiger partial charge in [0, 0.05) is 35.8 Å². The number of benzene rings is 2. The Morgan fingerprint density at radius 2 is 1.74 bits per heavy atom. The maximum atomic E-state index is 13.2. The highest BCUT2D eigenvalue weighted by molar-refractivity contribution is 6.30. The number of hydrazine groups is 1. The highest BCUT2D eigenvalue weighted by Crippen LogP contribution is 2.30. The van der Waals surface area contributed by atoms with E-state index in [9.17, 15) is 4.79 Å². The minimum absolute atomic E-state index is 0.0524. The molecular weight excluding hydrogens is 358 g/mol. The van der Waals surface area contributed by atoms with Crippen molar-refractivity contribution in [3.8, 4) is 0 Å². The summed E-state index contributed by atoms with van der Waals surface area (Å²) in [7, 11) is 0. The van der Waals surface area contributed by atoms with E-state index in [0.29, 0.717) is 35.6 Å². The fourth-order valence-corrected chi connectivity index (χ4v) is 4.48. The first-order chi connectivity index (χ1) is 13.2. The first-order valence-electron chi connectivity index (χ1n) is 9.80. The molecule has 1 amide bonds. The van der Waals surface area contributed by atoms with Crippen molar-refractivity contribution in [3.63, 3.8) is 0 Å². The largest absolute Gasteiger partial charge is 0.333 e. The molecule has 0 spiro atoms. The van der Waals surface area contributed by atoms with Crippen molar-refractivity contribution in [2.75, 3.05) is 6.54 Å². The summed E-state index contributed by atoms with van der Waals surface area (Å²) in [6.45, 7) is 1.31. The van der Waals surface area contributed by atoms with Gasteiger partial charge in [-0.15, -0.1) is 0 Å². The Labute approximate surface area is 165 Å². The molecule has 1 aliphatic carbocycles. The maximum absolute atomic E-state index is 13.2. The number of hydrogen-bond acceptors (Lipinski definition) is 3. The van der Waals surface area contributed by atoms with Crippen molar-refractivity contribution in [2.24, 2.45) is 5.92 Å². The monoisotopic (exact) mass is 383 g/mol. The highest BCUT2D eigenvalue weighted by Gasteiger charge is 2.38. The first kappa shape index (κ1) is 18.5. The van der Waals surface area contributed by atoms with E-state index in [-0.39, 0.29) is 11.9 Å². The minimum atomic E-state index is 0.0524. The third kappa shape index (κ3) is 4.34. The zero-order valence-electron chi connectivity index (χ0n) is 15.4. The van der Waals surface area contributed by atoms with Gasteiger partial charge in [-0.2, -0.15) is 0 Å². The lowest BCUT2D eigenvalue weighted by molar-refractivity contribution is 0.0714. The molecule has 2 fully saturated rings. The van der Waals surface area contributed by atoms with Gasteiger partial charge in [0.1, 0.15) is 0 Å². The van der Waals surface area contributed by atoms with Gasteiger partial charge in [-0.05, 0) is 48.6 Å². The molecule has 3 unspecified atom stereocenters. The predicted molar refractivity (Wildman–Crippen MR) is 108 cm³/mol. The molecular formula is C22H26ClN3O. The van der Waals surface area contributed by atoms with Crippen LogP contribution in [0.4, 0.5) is 0 Å². The highest BCUT2D eigenvalue weighted by atomic mass is 35.5. The summed E-state index contributed by atoms with van der Waals surface area (Å²) in [4.78, 5) is 15.2. The number of fused-ring (bicyclic) bond motifs is 1. The Morgan fingerprint density at radius 3 is 2.52 bits per heavy atom. The smallest absolute Gasteiger partial charge is 0.254 e. The lowest BCUT2D eigenvalue weighted by Gasteiger charge is -2.31. The number of hydrogen-bond donors (Lipinski definition) is 2. The quantitative estimate of drug-likeness (QED) is 0.819. The van der Waals surface area contributed by atoms with Crippen LogP contribution in [0.3, 0.4) is 0 Å². The van der Waals surface area contributed by atoms with Gasteiger partial charge in [0.2, 0.25) is 0 Å². The number of amides is 1. The number of nitrogens with zero attached hydrogens (tertiary/aromatic N) is 1. The van der Waals surface area contributed by atoms with Crippen LogP contribution in [0.2, 0.25) is 5.02 Å². The van der Waals surface area contributed by atoms with Crippen LogP contribution >= 0.6 is 11.6 Å². The van der Waals surface area contributed by atoms with Gasteiger partial charge in [-0.1, -0.05) is 54.8 Å². The normalized spacial score (nSPS) is 24.4. The third-order valence-electron chi connectivity index (χ3n) is 5.80. The number of nitrogens with one attached hydrogen (secondary N) is 2. The molecule has 0 bridgehead atoms. The fraction of sp³-hybridized carbons (Fsp3) is 0.409. The van der Waals surface area contributed by atoms with E-state index in [1.54, 1.807) is 12.1 Å². The summed E-state index contributed by atoms with van der Waals surface area (Å²) in [6.07, 6.45) is 5.02. The Hall–Kier alpha value is -1.88. The Bertz CT molecular complexity index is 765. The predicted octanol–water partition coefficient (Wildman–Crippen LogP) is 4.02. The molecule has 1 saturated heterocycles. The number of halogens is 1. The van der Waals surface area contributed by atoms with Crippen LogP contribution < -0.4 is 10.9 Å². The average molecular weight is 384 g/mol. The van der Waals surface area contributed by atoms with Crippen molar-refractivity contribution in [1.82, 2.24) is 15.8 Å². The third-order valence-corrected chi connectivity index (χ3v) is 6.05. The van der Waals surface area contributed by atoms with E-state index >= 15 is 0 Å². The summed E-state index contributed by atoms with van der Waals surface area (Å²) in [5, 5.41) is 0.646. The van der Waals surface area contributed by atoms with Crippen molar-refractivity contribution in [1.29, 1.82) is 0 Å². The number of rotatable bonds is 5. The molecule has 5 heteroatoms. The van der Waals surface area contributed by atoms with E-state index in [4.69, 9.17) is 11.6 Å². The summed E-state index contributed by atoms with van der Waals surface area (Å²) >= 11 is 6.00. The molecule has 27 heavy (non-hydrogen) atoms. The lowest BCUT2D eigenvalue weighted by Crippen LogP contribution is -2.44. The molecule has 1 saturated carbocycles. The standard InChI is InChI=1S/C22H26ClN3O/c23-18-12-10-17(11-13-18)22(27)26(14-16-6-2-1-3-7-16)15-21-19-8-4-5-9-20(19)24-25-21/h1-3,6-7,10-13,19-21,24-25H,4-5,8-9,14-15H2. The van der Waals surface area contributed by atoms with Crippen LogP contribution in [0, 0.1) is 5.92 Å². The summed E-state index contributed by atoms with van der Waals surface area (Å²) in [5.74, 6) is 0.645. The van der Waals surface area contributed by atoms with Gasteiger partial charge in [0.25, 0.3) is 5.91 Å². The minimum Gasteiger partial charge on any atom is -0.333 e. The lowest BCUT2D eigenvalue weighted by atomic mass is 9.81. The topological polar surface area (TPSA) is 44.4 Å². The van der Waals surface area contributed by atoms with Gasteiger partial charge in [-0.3, -0.25) is 15.6 Å². The summed E-state index contributed by atoms with van der Waals surface area (Å²) in [6, 6.07) is 18.2. The molecule has 4 nitrogen and oxygen atoms in total. The second-order valence-corrected chi connectivity index (χ2v) is 8.06. The van der Waals surface area contributed by atoms with E-state index in [0.717, 1.165) is 5.56 Å². The van der Waals surface area contributed by atoms with Crippen molar-refractivity contribution < 1.29 is 4.79 Å². The SMILES string of the molecule is O=C(c1ccc(Cl)cc1)N(Cc1ccccc1)CC1NNC2CCCCC21. The van der Waals surface area contributed by atoms with Crippen LogP contribution in [-0.2, 0) is 6.54 Å². The van der Waals surface area contributed by atoms with Gasteiger partial charge in [0.05, 0.1) is 0 Å². The van der Waals surface area contributed by atoms with Crippen LogP contribution in [0.25, 0.3) is 0 Å². The zero-order valence-corrected chi connectivity index (χ0v) is 16.2. The Balaban J connectivity index is 1.54. The first-order valence-corrected chi connectivity index (χ1v) is 10.2. The van der Waals surface area contributed by atoms with Gasteiger partial charge < -0.3 is 4.90 Å².